The number of carbonyl (C=O) groups excluding carboxylic acids is 1. The summed E-state index contributed by atoms with van der Waals surface area (Å²) in [5.74, 6) is 0.238. The molecule has 3 rings (SSSR count). The van der Waals surface area contributed by atoms with Gasteiger partial charge in [0.2, 0.25) is 0 Å². The number of nitrogens with zero attached hydrogens (tertiary/aromatic N) is 3. The second kappa shape index (κ2) is 11.2. The SMILES string of the molecule is CCNC(=NCc1cc(C#N)ccc1F)NC1CC2CCC(C1)N2C(=O)OC(C)(C)C.I. The number of nitriles is 1. The minimum atomic E-state index is -0.505. The largest absolute Gasteiger partial charge is 0.444 e. The van der Waals surface area contributed by atoms with Gasteiger partial charge in [-0.25, -0.2) is 14.2 Å². The first-order valence-corrected chi connectivity index (χ1v) is 10.9. The molecule has 0 aromatic heterocycles. The van der Waals surface area contributed by atoms with Crippen molar-refractivity contribution in [1.82, 2.24) is 15.5 Å². The first-order valence-electron chi connectivity index (χ1n) is 10.9. The summed E-state index contributed by atoms with van der Waals surface area (Å²) < 4.78 is 19.7. The molecule has 0 radical (unpaired) electrons. The molecule has 1 aromatic rings. The third-order valence-electron chi connectivity index (χ3n) is 5.60. The molecule has 2 unspecified atom stereocenters. The van der Waals surface area contributed by atoms with Crippen LogP contribution in [0.25, 0.3) is 0 Å². The number of carbonyl (C=O) groups is 1. The molecule has 2 N–H and O–H groups in total. The smallest absolute Gasteiger partial charge is 0.410 e. The molecule has 0 aliphatic carbocycles. The maximum Gasteiger partial charge on any atom is 0.410 e. The Bertz CT molecular complexity index is 866. The minimum Gasteiger partial charge on any atom is -0.444 e. The number of benzene rings is 1. The maximum absolute atomic E-state index is 14.1. The number of rotatable bonds is 4. The van der Waals surface area contributed by atoms with Crippen LogP contribution in [0, 0.1) is 17.1 Å². The second-order valence-electron chi connectivity index (χ2n) is 9.20. The number of nitrogens with one attached hydrogen (secondary N) is 2. The molecule has 2 aliphatic rings. The zero-order chi connectivity index (χ0) is 22.6. The summed E-state index contributed by atoms with van der Waals surface area (Å²) in [7, 11) is 0. The first-order chi connectivity index (χ1) is 14.7. The molecule has 9 heteroatoms. The lowest BCUT2D eigenvalue weighted by Crippen LogP contribution is -2.55. The topological polar surface area (TPSA) is 89.8 Å². The Morgan fingerprint density at radius 1 is 1.31 bits per heavy atom. The first kappa shape index (κ1) is 26.2. The van der Waals surface area contributed by atoms with Crippen LogP contribution in [-0.4, -0.2) is 47.2 Å². The van der Waals surface area contributed by atoms with Crippen LogP contribution in [0.1, 0.15) is 64.5 Å². The van der Waals surface area contributed by atoms with E-state index in [0.29, 0.717) is 23.6 Å². The summed E-state index contributed by atoms with van der Waals surface area (Å²) in [6.45, 7) is 8.44. The van der Waals surface area contributed by atoms with Crippen molar-refractivity contribution in [1.29, 1.82) is 5.26 Å². The fourth-order valence-electron chi connectivity index (χ4n) is 4.35. The lowest BCUT2D eigenvalue weighted by atomic mass is 9.98. The number of guanidine groups is 1. The molecule has 2 saturated heterocycles. The Labute approximate surface area is 206 Å². The Balaban J connectivity index is 0.00000363. The van der Waals surface area contributed by atoms with E-state index in [-0.39, 0.29) is 60.6 Å². The number of fused-ring (bicyclic) bond motifs is 2. The van der Waals surface area contributed by atoms with Crippen molar-refractivity contribution in [3.8, 4) is 6.07 Å². The molecule has 2 heterocycles. The Morgan fingerprint density at radius 3 is 2.53 bits per heavy atom. The number of hydrogen-bond acceptors (Lipinski definition) is 4. The molecule has 176 valence electrons. The van der Waals surface area contributed by atoms with Gasteiger partial charge in [-0.05, 0) is 71.6 Å². The summed E-state index contributed by atoms with van der Waals surface area (Å²) in [5.41, 5.74) is 0.293. The normalized spacial score (nSPS) is 22.6. The molecule has 1 amide bonds. The maximum atomic E-state index is 14.1. The van der Waals surface area contributed by atoms with Crippen LogP contribution < -0.4 is 10.6 Å². The van der Waals surface area contributed by atoms with Gasteiger partial charge in [-0.15, -0.1) is 24.0 Å². The fraction of sp³-hybridized carbons (Fsp3) is 0.609. The Morgan fingerprint density at radius 2 is 1.97 bits per heavy atom. The predicted molar refractivity (Wildman–Crippen MR) is 132 cm³/mol. The third-order valence-corrected chi connectivity index (χ3v) is 5.60. The van der Waals surface area contributed by atoms with E-state index in [9.17, 15) is 9.18 Å². The second-order valence-corrected chi connectivity index (χ2v) is 9.20. The lowest BCUT2D eigenvalue weighted by Gasteiger charge is -2.40. The summed E-state index contributed by atoms with van der Waals surface area (Å²) in [4.78, 5) is 19.1. The van der Waals surface area contributed by atoms with Crippen LogP contribution >= 0.6 is 24.0 Å². The number of amides is 1. The zero-order valence-corrected chi connectivity index (χ0v) is 21.5. The van der Waals surface area contributed by atoms with Crippen molar-refractivity contribution in [3.05, 3.63) is 35.1 Å². The van der Waals surface area contributed by atoms with E-state index in [1.807, 2.05) is 38.7 Å². The molecule has 7 nitrogen and oxygen atoms in total. The van der Waals surface area contributed by atoms with Gasteiger partial charge >= 0.3 is 6.09 Å². The van der Waals surface area contributed by atoms with E-state index in [2.05, 4.69) is 15.6 Å². The van der Waals surface area contributed by atoms with Gasteiger partial charge in [0.25, 0.3) is 0 Å². The van der Waals surface area contributed by atoms with E-state index in [4.69, 9.17) is 10.00 Å². The molecule has 0 spiro atoms. The molecule has 32 heavy (non-hydrogen) atoms. The van der Waals surface area contributed by atoms with Crippen molar-refractivity contribution in [3.63, 3.8) is 0 Å². The highest BCUT2D eigenvalue weighted by molar-refractivity contribution is 14.0. The molecule has 2 aliphatic heterocycles. The standard InChI is InChI=1S/C23H32FN5O2.HI/c1-5-26-21(27-14-16-10-15(13-25)6-9-20(16)24)28-17-11-18-7-8-19(12-17)29(18)22(30)31-23(2,3)4;/h6,9-10,17-19H,5,7-8,11-12,14H2,1-4H3,(H2,26,27,28);1H. The third kappa shape index (κ3) is 6.70. The lowest BCUT2D eigenvalue weighted by molar-refractivity contribution is 0.00545. The van der Waals surface area contributed by atoms with Gasteiger partial charge in [0.1, 0.15) is 11.4 Å². The van der Waals surface area contributed by atoms with Crippen molar-refractivity contribution >= 4 is 36.0 Å². The number of aliphatic imine (C=N–C) groups is 1. The molecule has 2 atom stereocenters. The summed E-state index contributed by atoms with van der Waals surface area (Å²) in [5, 5.41) is 15.7. The minimum absolute atomic E-state index is 0. The van der Waals surface area contributed by atoms with Crippen molar-refractivity contribution in [2.24, 2.45) is 4.99 Å². The van der Waals surface area contributed by atoms with Crippen LogP contribution in [-0.2, 0) is 11.3 Å². The number of halogens is 2. The van der Waals surface area contributed by atoms with Crippen LogP contribution in [0.3, 0.4) is 0 Å². The van der Waals surface area contributed by atoms with Crippen LogP contribution in [0.2, 0.25) is 0 Å². The van der Waals surface area contributed by atoms with Crippen molar-refractivity contribution in [2.45, 2.75) is 83.6 Å². The average Bonchev–Trinajstić information content (AvgIpc) is 2.97. The van der Waals surface area contributed by atoms with Gasteiger partial charge in [0.05, 0.1) is 18.2 Å². The summed E-state index contributed by atoms with van der Waals surface area (Å²) in [6.07, 6.45) is 3.35. The van der Waals surface area contributed by atoms with E-state index in [0.717, 1.165) is 25.7 Å². The molecule has 1 aromatic carbocycles. The molecular weight excluding hydrogens is 524 g/mol. The zero-order valence-electron chi connectivity index (χ0n) is 19.2. The summed E-state index contributed by atoms with van der Waals surface area (Å²) >= 11 is 0. The molecule has 2 bridgehead atoms. The van der Waals surface area contributed by atoms with Gasteiger partial charge < -0.3 is 20.3 Å². The quantitative estimate of drug-likeness (QED) is 0.328. The average molecular weight is 557 g/mol. The van der Waals surface area contributed by atoms with Crippen molar-refractivity contribution < 1.29 is 13.9 Å². The van der Waals surface area contributed by atoms with Gasteiger partial charge in [0.15, 0.2) is 5.96 Å². The highest BCUT2D eigenvalue weighted by Gasteiger charge is 2.45. The Hall–Kier alpha value is -2.09. The van der Waals surface area contributed by atoms with Gasteiger partial charge in [-0.2, -0.15) is 5.26 Å². The number of hydrogen-bond donors (Lipinski definition) is 2. The van der Waals surface area contributed by atoms with Crippen LogP contribution in [0.4, 0.5) is 9.18 Å². The number of ether oxygens (including phenoxy) is 1. The predicted octanol–water partition coefficient (Wildman–Crippen LogP) is 4.30. The highest BCUT2D eigenvalue weighted by atomic mass is 127. The summed E-state index contributed by atoms with van der Waals surface area (Å²) in [6, 6.07) is 6.79. The number of piperidine rings is 1. The monoisotopic (exact) mass is 557 g/mol. The fourth-order valence-corrected chi connectivity index (χ4v) is 4.35. The Kier molecular flexibility index (Phi) is 9.13. The van der Waals surface area contributed by atoms with Crippen molar-refractivity contribution in [2.75, 3.05) is 6.54 Å². The molecule has 2 fully saturated rings. The van der Waals surface area contributed by atoms with Crippen LogP contribution in [0.15, 0.2) is 23.2 Å². The van der Waals surface area contributed by atoms with Gasteiger partial charge in [-0.1, -0.05) is 0 Å². The van der Waals surface area contributed by atoms with E-state index >= 15 is 0 Å². The van der Waals surface area contributed by atoms with E-state index < -0.39 is 5.60 Å². The molecule has 0 saturated carbocycles. The molecular formula is C23H33FIN5O2. The van der Waals surface area contributed by atoms with E-state index in [1.165, 1.54) is 18.2 Å². The van der Waals surface area contributed by atoms with E-state index in [1.54, 1.807) is 0 Å². The van der Waals surface area contributed by atoms with Gasteiger partial charge in [0, 0.05) is 30.2 Å². The van der Waals surface area contributed by atoms with Crippen LogP contribution in [0.5, 0.6) is 0 Å². The van der Waals surface area contributed by atoms with Gasteiger partial charge in [-0.3, -0.25) is 0 Å². The highest BCUT2D eigenvalue weighted by Crippen LogP contribution is 2.36.